The van der Waals surface area contributed by atoms with Crippen molar-refractivity contribution in [2.24, 2.45) is 5.41 Å². The molecule has 136 valence electrons. The summed E-state index contributed by atoms with van der Waals surface area (Å²) in [7, 11) is 1.53. The van der Waals surface area contributed by atoms with Crippen molar-refractivity contribution in [1.82, 2.24) is 9.88 Å². The Morgan fingerprint density at radius 2 is 2.27 bits per heavy atom. The highest BCUT2D eigenvalue weighted by Gasteiger charge is 2.76. The molecule has 1 unspecified atom stereocenters. The van der Waals surface area contributed by atoms with Crippen LogP contribution < -0.4 is 0 Å². The number of ether oxygens (including phenoxy) is 2. The fourth-order valence-corrected chi connectivity index (χ4v) is 6.53. The average Bonchev–Trinajstić information content (AvgIpc) is 3.42. The van der Waals surface area contributed by atoms with Gasteiger partial charge < -0.3 is 14.5 Å². The van der Waals surface area contributed by atoms with Crippen LogP contribution in [0.1, 0.15) is 31.0 Å². The molecule has 2 aromatic rings. The molecule has 1 aromatic heterocycles. The molecule has 4 fully saturated rings. The molecule has 6 atom stereocenters. The summed E-state index contributed by atoms with van der Waals surface area (Å²) in [5, 5.41) is 1.24. The van der Waals surface area contributed by atoms with Gasteiger partial charge in [0.25, 0.3) is 0 Å². The number of para-hydroxylation sites is 1. The second-order valence-electron chi connectivity index (χ2n) is 8.57. The van der Waals surface area contributed by atoms with Crippen LogP contribution in [0.3, 0.4) is 0 Å². The van der Waals surface area contributed by atoms with Gasteiger partial charge in [0.1, 0.15) is 11.5 Å². The number of hydrogen-bond acceptors (Lipinski definition) is 4. The van der Waals surface area contributed by atoms with E-state index in [0.717, 1.165) is 43.6 Å². The number of aromatic nitrogens is 1. The first-order valence-electron chi connectivity index (χ1n) is 9.72. The molecule has 5 aliphatic rings. The van der Waals surface area contributed by atoms with E-state index < -0.39 is 5.41 Å². The van der Waals surface area contributed by atoms with Crippen molar-refractivity contribution in [1.29, 1.82) is 0 Å². The summed E-state index contributed by atoms with van der Waals surface area (Å²) >= 11 is 0. The maximum absolute atomic E-state index is 13.4. The molecule has 1 N–H and O–H groups in total. The SMILES string of the molecule is CC[C@@]12CN3CCc4c([nH]c5ccccc45)[C@@](C(=O)OC)(C1)[C@H]3[C@@H]1O[C@@H]12. The van der Waals surface area contributed by atoms with Crippen molar-refractivity contribution in [3.8, 4) is 0 Å². The van der Waals surface area contributed by atoms with Gasteiger partial charge in [-0.2, -0.15) is 0 Å². The van der Waals surface area contributed by atoms with E-state index in [1.807, 2.05) is 0 Å². The number of methoxy groups -OCH3 is 1. The molecule has 4 aliphatic heterocycles. The van der Waals surface area contributed by atoms with E-state index in [4.69, 9.17) is 9.47 Å². The van der Waals surface area contributed by atoms with Gasteiger partial charge in [0.15, 0.2) is 0 Å². The Kier molecular flexibility index (Phi) is 2.75. The Morgan fingerprint density at radius 3 is 3.08 bits per heavy atom. The van der Waals surface area contributed by atoms with Gasteiger partial charge in [-0.3, -0.25) is 9.69 Å². The number of aromatic amines is 1. The van der Waals surface area contributed by atoms with Crippen LogP contribution in [-0.2, 0) is 26.1 Å². The monoisotopic (exact) mass is 352 g/mol. The maximum Gasteiger partial charge on any atom is 0.319 e. The summed E-state index contributed by atoms with van der Waals surface area (Å²) in [5.41, 5.74) is 2.90. The topological polar surface area (TPSA) is 57.9 Å². The molecule has 1 aliphatic carbocycles. The van der Waals surface area contributed by atoms with E-state index in [-0.39, 0.29) is 23.5 Å². The quantitative estimate of drug-likeness (QED) is 0.666. The molecule has 0 radical (unpaired) electrons. The lowest BCUT2D eigenvalue weighted by Gasteiger charge is -2.57. The number of piperidine rings is 2. The number of nitrogens with zero attached hydrogens (tertiary/aromatic N) is 1. The number of carbonyl (C=O) groups is 1. The molecule has 4 bridgehead atoms. The summed E-state index contributed by atoms with van der Waals surface area (Å²) < 4.78 is 11.6. The number of carbonyl (C=O) groups excluding carboxylic acids is 1. The molecule has 1 aromatic carbocycles. The molecule has 1 saturated carbocycles. The minimum atomic E-state index is -0.647. The first-order valence-corrected chi connectivity index (χ1v) is 9.72. The Bertz CT molecular complexity index is 936. The van der Waals surface area contributed by atoms with Crippen molar-refractivity contribution < 1.29 is 14.3 Å². The molecule has 0 amide bonds. The summed E-state index contributed by atoms with van der Waals surface area (Å²) in [5.74, 6) is -0.103. The highest BCUT2D eigenvalue weighted by Crippen LogP contribution is 2.65. The van der Waals surface area contributed by atoms with Gasteiger partial charge in [0.2, 0.25) is 0 Å². The fourth-order valence-electron chi connectivity index (χ4n) is 6.53. The van der Waals surface area contributed by atoms with Crippen LogP contribution >= 0.6 is 0 Å². The van der Waals surface area contributed by atoms with Crippen LogP contribution in [0.25, 0.3) is 10.9 Å². The molecule has 5 heterocycles. The predicted octanol–water partition coefficient (Wildman–Crippen LogP) is 2.39. The smallest absolute Gasteiger partial charge is 0.319 e. The van der Waals surface area contributed by atoms with Crippen LogP contribution in [0, 0.1) is 5.41 Å². The van der Waals surface area contributed by atoms with Gasteiger partial charge in [0.05, 0.1) is 19.3 Å². The van der Waals surface area contributed by atoms with Crippen molar-refractivity contribution in [2.75, 3.05) is 20.2 Å². The maximum atomic E-state index is 13.4. The highest BCUT2D eigenvalue weighted by molar-refractivity contribution is 5.92. The second kappa shape index (κ2) is 4.70. The normalized spacial score (nSPS) is 42.1. The Hall–Kier alpha value is -1.85. The van der Waals surface area contributed by atoms with Gasteiger partial charge in [-0.1, -0.05) is 25.1 Å². The summed E-state index contributed by atoms with van der Waals surface area (Å²) in [6.45, 7) is 4.26. The number of benzene rings is 1. The van der Waals surface area contributed by atoms with Crippen LogP contribution in [-0.4, -0.2) is 54.3 Å². The van der Waals surface area contributed by atoms with Crippen LogP contribution in [0.4, 0.5) is 0 Å². The van der Waals surface area contributed by atoms with Gasteiger partial charge in [-0.15, -0.1) is 0 Å². The third kappa shape index (κ3) is 1.54. The lowest BCUT2D eigenvalue weighted by molar-refractivity contribution is -0.161. The van der Waals surface area contributed by atoms with Gasteiger partial charge in [-0.25, -0.2) is 0 Å². The molecule has 0 spiro atoms. The summed E-state index contributed by atoms with van der Waals surface area (Å²) in [6, 6.07) is 8.50. The van der Waals surface area contributed by atoms with Crippen LogP contribution in [0.5, 0.6) is 0 Å². The third-order valence-corrected chi connectivity index (χ3v) is 7.65. The van der Waals surface area contributed by atoms with Gasteiger partial charge in [-0.05, 0) is 30.9 Å². The van der Waals surface area contributed by atoms with Crippen LogP contribution in [0.2, 0.25) is 0 Å². The average molecular weight is 352 g/mol. The van der Waals surface area contributed by atoms with E-state index in [2.05, 4.69) is 41.1 Å². The molecule has 26 heavy (non-hydrogen) atoms. The van der Waals surface area contributed by atoms with Gasteiger partial charge in [0, 0.05) is 35.1 Å². The zero-order valence-electron chi connectivity index (χ0n) is 15.2. The standard InChI is InChI=1S/C21H24N2O3/c1-3-20-10-21(19(24)25-2)16-13(12-6-4-5-7-14(12)22-16)8-9-23(11-20)17(21)15-18(20)26-15/h4-7,15,17-18,22H,3,8-11H2,1-2H3/t15-,17+,18-,20-,21-/m0/s1. The highest BCUT2D eigenvalue weighted by atomic mass is 16.6. The minimum Gasteiger partial charge on any atom is -0.468 e. The van der Waals surface area contributed by atoms with E-state index in [9.17, 15) is 4.79 Å². The number of H-pyrrole nitrogens is 1. The Labute approximate surface area is 152 Å². The minimum absolute atomic E-state index is 0.0481. The molecule has 5 heteroatoms. The number of epoxide rings is 1. The third-order valence-electron chi connectivity index (χ3n) is 7.65. The van der Waals surface area contributed by atoms with Crippen molar-refractivity contribution in [2.45, 2.75) is 49.9 Å². The fraction of sp³-hybridized carbons (Fsp3) is 0.571. The largest absolute Gasteiger partial charge is 0.468 e. The molecule has 7 rings (SSSR count). The second-order valence-corrected chi connectivity index (χ2v) is 8.57. The number of hydrogen-bond donors (Lipinski definition) is 1. The van der Waals surface area contributed by atoms with E-state index >= 15 is 0 Å². The number of esters is 1. The molecular formula is C21H24N2O3. The summed E-state index contributed by atoms with van der Waals surface area (Å²) in [6.07, 6.45) is 3.30. The molecular weight excluding hydrogens is 328 g/mol. The van der Waals surface area contributed by atoms with Crippen LogP contribution in [0.15, 0.2) is 24.3 Å². The summed E-state index contributed by atoms with van der Waals surface area (Å²) in [4.78, 5) is 19.6. The zero-order chi connectivity index (χ0) is 17.7. The predicted molar refractivity (Wildman–Crippen MR) is 97.1 cm³/mol. The molecule has 3 saturated heterocycles. The number of rotatable bonds is 2. The Balaban J connectivity index is 1.67. The van der Waals surface area contributed by atoms with E-state index in [1.165, 1.54) is 18.1 Å². The molecule has 5 nitrogen and oxygen atoms in total. The van der Waals surface area contributed by atoms with Crippen molar-refractivity contribution in [3.05, 3.63) is 35.5 Å². The van der Waals surface area contributed by atoms with Crippen molar-refractivity contribution in [3.63, 3.8) is 0 Å². The lowest BCUT2D eigenvalue weighted by atomic mass is 9.53. The van der Waals surface area contributed by atoms with E-state index in [0.29, 0.717) is 6.10 Å². The zero-order valence-corrected chi connectivity index (χ0v) is 15.2. The number of nitrogens with one attached hydrogen (secondary N) is 1. The first kappa shape index (κ1) is 15.2. The Morgan fingerprint density at radius 1 is 1.42 bits per heavy atom. The van der Waals surface area contributed by atoms with Crippen molar-refractivity contribution >= 4 is 16.9 Å². The van der Waals surface area contributed by atoms with Gasteiger partial charge >= 0.3 is 5.97 Å². The lowest BCUT2D eigenvalue weighted by Crippen LogP contribution is -2.71. The van der Waals surface area contributed by atoms with E-state index in [1.54, 1.807) is 0 Å². The number of fused-ring (bicyclic) bond motifs is 3. The first-order chi connectivity index (χ1) is 12.6.